The zero-order valence-corrected chi connectivity index (χ0v) is 21.7. The second-order valence-electron chi connectivity index (χ2n) is 6.98. The predicted molar refractivity (Wildman–Crippen MR) is 139 cm³/mol. The molecule has 4 aromatic rings. The first-order chi connectivity index (χ1) is 14.6. The second kappa shape index (κ2) is 9.34. The Balaban J connectivity index is 2.02. The molecule has 0 nitrogen and oxygen atoms in total. The van der Waals surface area contributed by atoms with Crippen molar-refractivity contribution in [1.82, 2.24) is 0 Å². The SMILES string of the molecule is C=C(P(=[Se])(c1ccccc1)c1ccccc1)P(=[Se])(c1ccccc1)c1ccccc1. The molecule has 0 aliphatic carbocycles. The Morgan fingerprint density at radius 3 is 0.833 bits per heavy atom. The Kier molecular flexibility index (Phi) is 6.77. The molecule has 0 saturated carbocycles. The van der Waals surface area contributed by atoms with Crippen LogP contribution in [0, 0.1) is 0 Å². The van der Waals surface area contributed by atoms with E-state index in [9.17, 15) is 0 Å². The van der Waals surface area contributed by atoms with Gasteiger partial charge in [-0.3, -0.25) is 0 Å². The van der Waals surface area contributed by atoms with E-state index < -0.39 is 11.0 Å². The zero-order valence-electron chi connectivity index (χ0n) is 16.5. The van der Waals surface area contributed by atoms with E-state index in [1.54, 1.807) is 0 Å². The third-order valence-electron chi connectivity index (χ3n) is 5.21. The van der Waals surface area contributed by atoms with Gasteiger partial charge in [0, 0.05) is 0 Å². The van der Waals surface area contributed by atoms with Crippen molar-refractivity contribution in [1.29, 1.82) is 0 Å². The molecule has 30 heavy (non-hydrogen) atoms. The molecule has 0 amide bonds. The summed E-state index contributed by atoms with van der Waals surface area (Å²) in [5, 5.41) is 6.52. The van der Waals surface area contributed by atoms with Gasteiger partial charge in [0.25, 0.3) is 0 Å². The van der Waals surface area contributed by atoms with Gasteiger partial charge in [0.1, 0.15) is 0 Å². The molecule has 4 heteroatoms. The molecule has 4 rings (SSSR count). The van der Waals surface area contributed by atoms with Gasteiger partial charge >= 0.3 is 195 Å². The van der Waals surface area contributed by atoms with E-state index in [1.807, 2.05) is 0 Å². The van der Waals surface area contributed by atoms with Crippen LogP contribution in [0.2, 0.25) is 0 Å². The minimum absolute atomic E-state index is 1.27. The monoisotopic (exact) mass is 556 g/mol. The fourth-order valence-electron chi connectivity index (χ4n) is 3.64. The molecule has 0 heterocycles. The van der Waals surface area contributed by atoms with E-state index in [0.717, 1.165) is 0 Å². The molecule has 0 aliphatic rings. The van der Waals surface area contributed by atoms with Crippen molar-refractivity contribution < 1.29 is 0 Å². The summed E-state index contributed by atoms with van der Waals surface area (Å²) in [6.45, 7) is 4.84. The van der Waals surface area contributed by atoms with E-state index >= 15 is 0 Å². The summed E-state index contributed by atoms with van der Waals surface area (Å²) in [6.07, 6.45) is 0. The first kappa shape index (κ1) is 21.7. The molecular formula is C26H22P2Se2. The summed E-state index contributed by atoms with van der Waals surface area (Å²) in [5.41, 5.74) is -4.04. The molecule has 0 aliphatic heterocycles. The third kappa shape index (κ3) is 3.90. The average Bonchev–Trinajstić information content (AvgIpc) is 2.84. The van der Waals surface area contributed by atoms with Crippen LogP contribution in [0.4, 0.5) is 0 Å². The van der Waals surface area contributed by atoms with E-state index in [1.165, 1.54) is 26.3 Å². The van der Waals surface area contributed by atoms with Crippen LogP contribution in [0.5, 0.6) is 0 Å². The summed E-state index contributed by atoms with van der Waals surface area (Å²) < 4.78 is 0. The molecular weight excluding hydrogens is 532 g/mol. The Morgan fingerprint density at radius 2 is 0.633 bits per heavy atom. The molecule has 0 saturated heterocycles. The summed E-state index contributed by atoms with van der Waals surface area (Å²) in [4.78, 5) is 0. The van der Waals surface area contributed by atoms with E-state index in [2.05, 4.69) is 152 Å². The Bertz CT molecular complexity index is 1050. The van der Waals surface area contributed by atoms with Crippen molar-refractivity contribution in [3.8, 4) is 0 Å². The molecule has 0 aromatic heterocycles. The van der Waals surface area contributed by atoms with Gasteiger partial charge in [-0.15, -0.1) is 0 Å². The van der Waals surface area contributed by atoms with Gasteiger partial charge in [-0.05, 0) is 0 Å². The van der Waals surface area contributed by atoms with E-state index in [-0.39, 0.29) is 0 Å². The van der Waals surface area contributed by atoms with Crippen LogP contribution in [-0.2, 0) is 0 Å². The number of rotatable bonds is 6. The van der Waals surface area contributed by atoms with Gasteiger partial charge in [0.15, 0.2) is 0 Å². The molecule has 0 N–H and O–H groups in total. The number of hydrogen-bond acceptors (Lipinski definition) is 0. The summed E-state index contributed by atoms with van der Waals surface area (Å²) in [5.74, 6) is 0. The summed E-state index contributed by atoms with van der Waals surface area (Å²) in [6, 6.07) is 43.2. The van der Waals surface area contributed by atoms with Crippen LogP contribution in [0.3, 0.4) is 0 Å². The second-order valence-corrected chi connectivity index (χ2v) is 19.8. The molecule has 0 spiro atoms. The summed E-state index contributed by atoms with van der Waals surface area (Å²) in [7, 11) is 0. The van der Waals surface area contributed by atoms with Gasteiger partial charge in [-0.2, -0.15) is 0 Å². The average molecular weight is 554 g/mol. The third-order valence-corrected chi connectivity index (χ3v) is 22.5. The van der Waals surface area contributed by atoms with Crippen LogP contribution < -0.4 is 21.2 Å². The zero-order chi connectivity index (χ0) is 21.0. The maximum absolute atomic E-state index is 4.84. The van der Waals surface area contributed by atoms with Gasteiger partial charge in [-0.1, -0.05) is 0 Å². The van der Waals surface area contributed by atoms with Crippen LogP contribution in [0.25, 0.3) is 0 Å². The van der Waals surface area contributed by atoms with E-state index in [4.69, 9.17) is 6.58 Å². The van der Waals surface area contributed by atoms with Crippen LogP contribution in [-0.4, -0.2) is 30.2 Å². The standard InChI is InChI=1S/C26H22P2Se2/c1-22(27(29,23-14-6-2-7-15-23)24-16-8-3-9-17-24)28(30,25-18-10-4-11-19-25)26-20-12-5-13-21-26/h2-21H,1H2. The topological polar surface area (TPSA) is 0 Å². The van der Waals surface area contributed by atoms with Gasteiger partial charge < -0.3 is 0 Å². The molecule has 0 bridgehead atoms. The fraction of sp³-hybridized carbons (Fsp3) is 0. The van der Waals surface area contributed by atoms with Crippen molar-refractivity contribution in [2.75, 3.05) is 0 Å². The van der Waals surface area contributed by atoms with Gasteiger partial charge in [-0.25, -0.2) is 0 Å². The first-order valence-corrected chi connectivity index (χ1v) is 17.7. The predicted octanol–water partition coefficient (Wildman–Crippen LogP) is 4.96. The maximum atomic E-state index is 4.84. The molecule has 148 valence electrons. The molecule has 0 atom stereocenters. The van der Waals surface area contributed by atoms with Crippen molar-refractivity contribution >= 4 is 62.4 Å². The van der Waals surface area contributed by atoms with E-state index in [0.29, 0.717) is 0 Å². The minimum atomic E-state index is -2.02. The Labute approximate surface area is 194 Å². The molecule has 0 fully saturated rings. The van der Waals surface area contributed by atoms with Crippen molar-refractivity contribution in [3.05, 3.63) is 133 Å². The Hall–Kier alpha value is -1.48. The first-order valence-electron chi connectivity index (χ1n) is 9.70. The van der Waals surface area contributed by atoms with Crippen LogP contribution >= 0.6 is 11.0 Å². The van der Waals surface area contributed by atoms with Crippen molar-refractivity contribution in [2.24, 2.45) is 0 Å². The number of benzene rings is 4. The van der Waals surface area contributed by atoms with Crippen LogP contribution in [0.15, 0.2) is 133 Å². The molecule has 4 aromatic carbocycles. The van der Waals surface area contributed by atoms with Gasteiger partial charge in [0.05, 0.1) is 0 Å². The van der Waals surface area contributed by atoms with Gasteiger partial charge in [0.2, 0.25) is 0 Å². The Morgan fingerprint density at radius 1 is 0.433 bits per heavy atom. The van der Waals surface area contributed by atoms with Crippen molar-refractivity contribution in [3.63, 3.8) is 0 Å². The summed E-state index contributed by atoms with van der Waals surface area (Å²) >= 11 is 7.37. The normalized spacial score (nSPS) is 11.7. The van der Waals surface area contributed by atoms with Crippen molar-refractivity contribution in [2.45, 2.75) is 0 Å². The van der Waals surface area contributed by atoms with Crippen LogP contribution in [0.1, 0.15) is 0 Å². The number of hydrogen-bond donors (Lipinski definition) is 0. The fourth-order valence-corrected chi connectivity index (χ4v) is 20.8. The molecule has 0 radical (unpaired) electrons. The quantitative estimate of drug-likeness (QED) is 0.234. The molecule has 0 unspecified atom stereocenters.